The Morgan fingerprint density at radius 1 is 1.50 bits per heavy atom. The summed E-state index contributed by atoms with van der Waals surface area (Å²) in [6, 6.07) is 3.05. The normalized spacial score (nSPS) is 11.7. The van der Waals surface area contributed by atoms with Crippen molar-refractivity contribution < 1.29 is 14.0 Å². The molecule has 0 bridgehead atoms. The Bertz CT molecular complexity index is 468. The van der Waals surface area contributed by atoms with Gasteiger partial charge in [-0.05, 0) is 40.5 Å². The van der Waals surface area contributed by atoms with Gasteiger partial charge in [-0.15, -0.1) is 0 Å². The molecule has 7 heteroatoms. The van der Waals surface area contributed by atoms with Crippen molar-refractivity contribution in [1.29, 1.82) is 0 Å². The summed E-state index contributed by atoms with van der Waals surface area (Å²) >= 11 is 3.04. The monoisotopic (exact) mass is 317 g/mol. The largest absolute Gasteiger partial charge is 0.352 e. The molecule has 98 valence electrons. The molecule has 0 heterocycles. The van der Waals surface area contributed by atoms with Gasteiger partial charge in [-0.1, -0.05) is 6.07 Å². The van der Waals surface area contributed by atoms with Crippen LogP contribution in [0.3, 0.4) is 0 Å². The van der Waals surface area contributed by atoms with E-state index in [0.717, 1.165) is 0 Å². The van der Waals surface area contributed by atoms with Crippen molar-refractivity contribution in [3.8, 4) is 0 Å². The van der Waals surface area contributed by atoms with Gasteiger partial charge in [0.05, 0.1) is 4.47 Å². The summed E-state index contributed by atoms with van der Waals surface area (Å²) in [4.78, 5) is 22.1. The number of carbonyl (C=O) groups excluding carboxylic acids is 2. The lowest BCUT2D eigenvalue weighted by atomic mass is 10.2. The third kappa shape index (κ3) is 4.33. The summed E-state index contributed by atoms with van der Waals surface area (Å²) in [6.07, 6.45) is 0. The zero-order valence-corrected chi connectivity index (χ0v) is 11.3. The summed E-state index contributed by atoms with van der Waals surface area (Å²) < 4.78 is 13.6. The van der Waals surface area contributed by atoms with Gasteiger partial charge in [0.15, 0.2) is 0 Å². The zero-order chi connectivity index (χ0) is 13.7. The predicted octanol–water partition coefficient (Wildman–Crippen LogP) is 1.26. The number of carbonyl (C=O) groups is 2. The number of hydrogen-bond acceptors (Lipinski definition) is 2. The molecule has 3 amide bonds. The molecule has 1 rings (SSSR count). The first-order valence-corrected chi connectivity index (χ1v) is 5.97. The van der Waals surface area contributed by atoms with Crippen LogP contribution in [0.1, 0.15) is 12.5 Å². The van der Waals surface area contributed by atoms with E-state index in [-0.39, 0.29) is 6.54 Å². The first-order chi connectivity index (χ1) is 8.40. The van der Waals surface area contributed by atoms with Crippen molar-refractivity contribution in [3.63, 3.8) is 0 Å². The third-order valence-electron chi connectivity index (χ3n) is 2.20. The molecule has 0 aliphatic heterocycles. The van der Waals surface area contributed by atoms with Crippen molar-refractivity contribution >= 4 is 27.9 Å². The molecule has 1 aromatic carbocycles. The molecule has 0 saturated carbocycles. The maximum Gasteiger partial charge on any atom is 0.312 e. The first-order valence-electron chi connectivity index (χ1n) is 5.17. The van der Waals surface area contributed by atoms with Gasteiger partial charge >= 0.3 is 6.03 Å². The highest BCUT2D eigenvalue weighted by Gasteiger charge is 2.13. The topological polar surface area (TPSA) is 84.2 Å². The van der Waals surface area contributed by atoms with Crippen LogP contribution in [0.2, 0.25) is 0 Å². The van der Waals surface area contributed by atoms with E-state index in [9.17, 15) is 14.0 Å². The van der Waals surface area contributed by atoms with Crippen molar-refractivity contribution in [3.05, 3.63) is 34.1 Å². The van der Waals surface area contributed by atoms with Gasteiger partial charge in [0.2, 0.25) is 5.91 Å². The van der Waals surface area contributed by atoms with E-state index in [1.165, 1.54) is 13.0 Å². The first kappa shape index (κ1) is 14.4. The van der Waals surface area contributed by atoms with Gasteiger partial charge in [0, 0.05) is 6.54 Å². The molecule has 5 nitrogen and oxygen atoms in total. The van der Waals surface area contributed by atoms with E-state index in [4.69, 9.17) is 5.73 Å². The van der Waals surface area contributed by atoms with E-state index in [0.29, 0.717) is 10.0 Å². The summed E-state index contributed by atoms with van der Waals surface area (Å²) in [5.41, 5.74) is 5.51. The van der Waals surface area contributed by atoms with Crippen molar-refractivity contribution in [2.45, 2.75) is 19.5 Å². The minimum atomic E-state index is -0.771. The smallest absolute Gasteiger partial charge is 0.312 e. The van der Waals surface area contributed by atoms with Crippen LogP contribution in [-0.4, -0.2) is 18.0 Å². The predicted molar refractivity (Wildman–Crippen MR) is 68.1 cm³/mol. The molecule has 0 fully saturated rings. The fraction of sp³-hybridized carbons (Fsp3) is 0.273. The van der Waals surface area contributed by atoms with Gasteiger partial charge in [-0.3, -0.25) is 4.79 Å². The van der Waals surface area contributed by atoms with Crippen LogP contribution in [0.5, 0.6) is 0 Å². The van der Waals surface area contributed by atoms with Crippen LogP contribution in [0.15, 0.2) is 22.7 Å². The van der Waals surface area contributed by atoms with Crippen LogP contribution < -0.4 is 16.4 Å². The quantitative estimate of drug-likeness (QED) is 0.781. The highest BCUT2D eigenvalue weighted by atomic mass is 79.9. The number of urea groups is 1. The maximum atomic E-state index is 13.2. The number of rotatable bonds is 4. The molecule has 0 spiro atoms. The minimum Gasteiger partial charge on any atom is -0.352 e. The molecule has 0 unspecified atom stereocenters. The van der Waals surface area contributed by atoms with Crippen LogP contribution in [0, 0.1) is 5.82 Å². The Morgan fingerprint density at radius 2 is 2.17 bits per heavy atom. The second kappa shape index (κ2) is 6.34. The highest BCUT2D eigenvalue weighted by Crippen LogP contribution is 2.16. The molecule has 0 aliphatic carbocycles. The second-order valence-electron chi connectivity index (χ2n) is 3.70. The lowest BCUT2D eigenvalue weighted by Gasteiger charge is -2.12. The number of nitrogens with one attached hydrogen (secondary N) is 2. The number of halogens is 2. The van der Waals surface area contributed by atoms with Crippen molar-refractivity contribution in [2.75, 3.05) is 0 Å². The number of benzene rings is 1. The third-order valence-corrected chi connectivity index (χ3v) is 2.85. The second-order valence-corrected chi connectivity index (χ2v) is 4.55. The maximum absolute atomic E-state index is 13.2. The Hall–Kier alpha value is -1.63. The molecular formula is C11H13BrFN3O2. The van der Waals surface area contributed by atoms with Crippen LogP contribution in [-0.2, 0) is 11.3 Å². The molecular weight excluding hydrogens is 305 g/mol. The Morgan fingerprint density at radius 3 is 2.72 bits per heavy atom. The van der Waals surface area contributed by atoms with E-state index in [1.54, 1.807) is 12.1 Å². The minimum absolute atomic E-state index is 0.174. The summed E-state index contributed by atoms with van der Waals surface area (Å²) in [6.45, 7) is 1.68. The molecule has 1 aromatic rings. The average molecular weight is 318 g/mol. The Labute approximate surface area is 112 Å². The highest BCUT2D eigenvalue weighted by molar-refractivity contribution is 9.10. The SMILES string of the molecule is C[C@H](NC(N)=O)C(=O)NCc1ccc(Br)c(F)c1. The van der Waals surface area contributed by atoms with Crippen LogP contribution >= 0.6 is 15.9 Å². The molecule has 0 aromatic heterocycles. The standard InChI is InChI=1S/C11H13BrFN3O2/c1-6(16-11(14)18)10(17)15-5-7-2-3-8(12)9(13)4-7/h2-4,6H,5H2,1H3,(H,15,17)(H3,14,16,18)/t6-/m0/s1. The van der Waals surface area contributed by atoms with E-state index in [2.05, 4.69) is 26.6 Å². The van der Waals surface area contributed by atoms with Gasteiger partial charge in [-0.25, -0.2) is 9.18 Å². The molecule has 0 saturated heterocycles. The summed E-state index contributed by atoms with van der Waals surface area (Å²) in [5.74, 6) is -0.790. The number of hydrogen-bond donors (Lipinski definition) is 3. The summed E-state index contributed by atoms with van der Waals surface area (Å²) in [5, 5.41) is 4.80. The molecule has 18 heavy (non-hydrogen) atoms. The van der Waals surface area contributed by atoms with Gasteiger partial charge in [0.1, 0.15) is 11.9 Å². The van der Waals surface area contributed by atoms with Crippen molar-refractivity contribution in [1.82, 2.24) is 10.6 Å². The average Bonchev–Trinajstić information content (AvgIpc) is 2.29. The lowest BCUT2D eigenvalue weighted by molar-refractivity contribution is -0.122. The van der Waals surface area contributed by atoms with Crippen LogP contribution in [0.4, 0.5) is 9.18 Å². The lowest BCUT2D eigenvalue weighted by Crippen LogP contribution is -2.46. The van der Waals surface area contributed by atoms with Gasteiger partial charge in [0.25, 0.3) is 0 Å². The number of primary amides is 1. The molecule has 0 radical (unpaired) electrons. The number of amides is 3. The molecule has 1 atom stereocenters. The van der Waals surface area contributed by atoms with E-state index in [1.807, 2.05) is 0 Å². The fourth-order valence-corrected chi connectivity index (χ4v) is 1.52. The number of nitrogens with two attached hydrogens (primary N) is 1. The Kier molecular flexibility index (Phi) is 5.08. The van der Waals surface area contributed by atoms with Crippen LogP contribution in [0.25, 0.3) is 0 Å². The molecule has 0 aliphatic rings. The van der Waals surface area contributed by atoms with Crippen molar-refractivity contribution in [2.24, 2.45) is 5.73 Å². The van der Waals surface area contributed by atoms with Gasteiger partial charge < -0.3 is 16.4 Å². The molecule has 4 N–H and O–H groups in total. The van der Waals surface area contributed by atoms with Gasteiger partial charge in [-0.2, -0.15) is 0 Å². The van der Waals surface area contributed by atoms with E-state index >= 15 is 0 Å². The fourth-order valence-electron chi connectivity index (χ4n) is 1.27. The Balaban J connectivity index is 2.52. The summed E-state index contributed by atoms with van der Waals surface area (Å²) in [7, 11) is 0. The van der Waals surface area contributed by atoms with E-state index < -0.39 is 23.8 Å². The zero-order valence-electron chi connectivity index (χ0n) is 9.67.